The van der Waals surface area contributed by atoms with Gasteiger partial charge in [-0.1, -0.05) is 42.5 Å². The first-order chi connectivity index (χ1) is 12.2. The summed E-state index contributed by atoms with van der Waals surface area (Å²) >= 11 is 0. The molecule has 25 heavy (non-hydrogen) atoms. The molecule has 0 saturated heterocycles. The van der Waals surface area contributed by atoms with Crippen molar-refractivity contribution >= 4 is 24.6 Å². The Kier molecular flexibility index (Phi) is 5.58. The van der Waals surface area contributed by atoms with Crippen LogP contribution in [0, 0.1) is 0 Å². The molecule has 4 nitrogen and oxygen atoms in total. The fourth-order valence-corrected chi connectivity index (χ4v) is 2.96. The number of carbonyl (C=O) groups excluding carboxylic acids is 1. The molecule has 2 N–H and O–H groups in total. The molecule has 3 aromatic rings. The van der Waals surface area contributed by atoms with Gasteiger partial charge in [-0.3, -0.25) is 9.78 Å². The summed E-state index contributed by atoms with van der Waals surface area (Å²) in [4.78, 5) is 16.9. The summed E-state index contributed by atoms with van der Waals surface area (Å²) < 4.78 is 4.62. The highest BCUT2D eigenvalue weighted by Crippen LogP contribution is 2.21. The molecule has 0 fully saturated rings. The predicted molar refractivity (Wildman–Crippen MR) is 99.2 cm³/mol. The van der Waals surface area contributed by atoms with Crippen molar-refractivity contribution in [3.05, 3.63) is 77.6 Å². The van der Waals surface area contributed by atoms with E-state index in [0.717, 1.165) is 27.5 Å². The van der Waals surface area contributed by atoms with Gasteiger partial charge in [0.05, 0.1) is 12.5 Å². The van der Waals surface area contributed by atoms with Crippen molar-refractivity contribution in [2.24, 2.45) is 5.73 Å². The van der Waals surface area contributed by atoms with Crippen molar-refractivity contribution in [3.63, 3.8) is 0 Å². The average Bonchev–Trinajstić information content (AvgIpc) is 2.64. The Balaban J connectivity index is 1.76. The van der Waals surface area contributed by atoms with Crippen LogP contribution in [0.2, 0.25) is 0 Å². The molecule has 0 spiro atoms. The van der Waals surface area contributed by atoms with Crippen LogP contribution in [-0.2, 0) is 22.5 Å². The van der Waals surface area contributed by atoms with E-state index in [0.29, 0.717) is 13.0 Å². The van der Waals surface area contributed by atoms with Crippen molar-refractivity contribution in [1.82, 2.24) is 4.98 Å². The van der Waals surface area contributed by atoms with Crippen LogP contribution in [0.5, 0.6) is 0 Å². The highest BCUT2D eigenvalue weighted by molar-refractivity contribution is 5.97. The van der Waals surface area contributed by atoms with Crippen LogP contribution < -0.4 is 5.73 Å². The van der Waals surface area contributed by atoms with E-state index >= 15 is 0 Å². The molecule has 1 atom stereocenters. The molecule has 1 heterocycles. The molecular formula is C20H19BN2O2. The van der Waals surface area contributed by atoms with Crippen LogP contribution in [0.4, 0.5) is 0 Å². The number of hydrogen-bond acceptors (Lipinski definition) is 4. The molecule has 1 aromatic heterocycles. The van der Waals surface area contributed by atoms with E-state index in [1.807, 2.05) is 54.7 Å². The summed E-state index contributed by atoms with van der Waals surface area (Å²) in [6.07, 6.45) is 3.92. The van der Waals surface area contributed by atoms with E-state index in [9.17, 15) is 4.79 Å². The smallest absolute Gasteiger partial charge is 0.283 e. The molecule has 0 aliphatic carbocycles. The van der Waals surface area contributed by atoms with Crippen LogP contribution in [0.1, 0.15) is 22.6 Å². The predicted octanol–water partition coefficient (Wildman–Crippen LogP) is 2.69. The summed E-state index contributed by atoms with van der Waals surface area (Å²) in [5, 5.41) is 2.14. The lowest BCUT2D eigenvalue weighted by Crippen LogP contribution is -2.23. The van der Waals surface area contributed by atoms with Gasteiger partial charge in [-0.2, -0.15) is 0 Å². The van der Waals surface area contributed by atoms with E-state index in [1.54, 1.807) is 6.20 Å². The van der Waals surface area contributed by atoms with E-state index in [2.05, 4.69) is 9.64 Å². The van der Waals surface area contributed by atoms with Crippen LogP contribution in [0.25, 0.3) is 10.8 Å². The lowest BCUT2D eigenvalue weighted by molar-refractivity contribution is -0.119. The average molecular weight is 330 g/mol. The molecular weight excluding hydrogens is 311 g/mol. The van der Waals surface area contributed by atoms with Gasteiger partial charge in [0, 0.05) is 30.7 Å². The summed E-state index contributed by atoms with van der Waals surface area (Å²) in [5.41, 5.74) is 8.73. The molecule has 2 radical (unpaired) electrons. The minimum Gasteiger partial charge on any atom is -0.444 e. The van der Waals surface area contributed by atoms with Crippen molar-refractivity contribution in [3.8, 4) is 0 Å². The van der Waals surface area contributed by atoms with Gasteiger partial charge >= 0.3 is 0 Å². The Morgan fingerprint density at radius 1 is 1.08 bits per heavy atom. The van der Waals surface area contributed by atoms with Gasteiger partial charge in [0.25, 0.3) is 8.05 Å². The highest BCUT2D eigenvalue weighted by Gasteiger charge is 2.19. The van der Waals surface area contributed by atoms with Crippen LogP contribution in [-0.4, -0.2) is 25.4 Å². The molecule has 0 aliphatic heterocycles. The zero-order chi connectivity index (χ0) is 17.6. The van der Waals surface area contributed by atoms with Gasteiger partial charge in [-0.15, -0.1) is 0 Å². The topological polar surface area (TPSA) is 65.2 Å². The molecule has 0 bridgehead atoms. The number of carbonyl (C=O) groups is 1. The Bertz CT molecular complexity index is 865. The third-order valence-electron chi connectivity index (χ3n) is 4.34. The number of fused-ring (bicyclic) bond motifs is 1. The maximum absolute atomic E-state index is 12.8. The largest absolute Gasteiger partial charge is 0.444 e. The van der Waals surface area contributed by atoms with Crippen molar-refractivity contribution in [2.45, 2.75) is 18.9 Å². The lowest BCUT2D eigenvalue weighted by Gasteiger charge is -2.15. The second-order valence-electron chi connectivity index (χ2n) is 6.04. The van der Waals surface area contributed by atoms with Gasteiger partial charge in [-0.25, -0.2) is 0 Å². The van der Waals surface area contributed by atoms with E-state index in [4.69, 9.17) is 13.8 Å². The summed E-state index contributed by atoms with van der Waals surface area (Å²) in [6, 6.07) is 15.6. The third-order valence-corrected chi connectivity index (χ3v) is 4.34. The molecule has 5 heteroatoms. The zero-order valence-electron chi connectivity index (χ0n) is 13.9. The minimum absolute atomic E-state index is 0.110. The number of benzene rings is 2. The van der Waals surface area contributed by atoms with Crippen LogP contribution in [0.3, 0.4) is 0 Å². The number of ketones is 1. The monoisotopic (exact) mass is 330 g/mol. The SMILES string of the molecule is [B]OCc1ccc(C(CN)C(=O)Cc2ccc3cnccc3c2)cc1. The number of nitrogens with two attached hydrogens (primary N) is 1. The van der Waals surface area contributed by atoms with Gasteiger partial charge in [-0.05, 0) is 28.1 Å². The second kappa shape index (κ2) is 8.05. The molecule has 3 rings (SSSR count). The first-order valence-electron chi connectivity index (χ1n) is 8.17. The molecule has 0 aliphatic rings. The van der Waals surface area contributed by atoms with Gasteiger partial charge in [0.1, 0.15) is 5.78 Å². The Hall–Kier alpha value is -2.50. The highest BCUT2D eigenvalue weighted by atomic mass is 16.4. The normalized spacial score (nSPS) is 12.2. The van der Waals surface area contributed by atoms with Crippen molar-refractivity contribution < 1.29 is 9.45 Å². The maximum Gasteiger partial charge on any atom is 0.283 e. The number of hydrogen-bond donors (Lipinski definition) is 1. The van der Waals surface area contributed by atoms with Crippen LogP contribution in [0.15, 0.2) is 60.9 Å². The first kappa shape index (κ1) is 17.3. The van der Waals surface area contributed by atoms with Gasteiger partial charge in [0.15, 0.2) is 0 Å². The summed E-state index contributed by atoms with van der Waals surface area (Å²) in [6.45, 7) is 0.622. The van der Waals surface area contributed by atoms with E-state index in [-0.39, 0.29) is 18.2 Å². The van der Waals surface area contributed by atoms with Gasteiger partial charge in [0.2, 0.25) is 0 Å². The number of aromatic nitrogens is 1. The Morgan fingerprint density at radius 3 is 2.56 bits per heavy atom. The number of nitrogens with zero attached hydrogens (tertiary/aromatic N) is 1. The number of rotatable bonds is 7. The van der Waals surface area contributed by atoms with Crippen molar-refractivity contribution in [1.29, 1.82) is 0 Å². The van der Waals surface area contributed by atoms with Crippen LogP contribution >= 0.6 is 0 Å². The quantitative estimate of drug-likeness (QED) is 0.677. The Labute approximate surface area is 148 Å². The molecule has 0 amide bonds. The fourth-order valence-electron chi connectivity index (χ4n) is 2.96. The van der Waals surface area contributed by atoms with Gasteiger partial charge < -0.3 is 10.4 Å². The second-order valence-corrected chi connectivity index (χ2v) is 6.04. The number of pyridine rings is 1. The molecule has 0 saturated carbocycles. The first-order valence-corrected chi connectivity index (χ1v) is 8.17. The molecule has 2 aromatic carbocycles. The number of Topliss-reactive ketones (excluding diaryl/α,β-unsaturated/α-hetero) is 1. The fraction of sp³-hybridized carbons (Fsp3) is 0.200. The zero-order valence-corrected chi connectivity index (χ0v) is 13.9. The molecule has 1 unspecified atom stereocenters. The standard InChI is InChI=1S/C20H19BN2O2/c21-25-13-14-1-4-16(5-2-14)19(11-22)20(24)10-15-3-6-18-12-23-8-7-17(18)9-15/h1-9,12,19H,10-11,13,22H2. The molecule has 124 valence electrons. The third kappa shape index (κ3) is 4.13. The summed E-state index contributed by atoms with van der Waals surface area (Å²) in [7, 11) is 5.08. The Morgan fingerprint density at radius 2 is 1.84 bits per heavy atom. The lowest BCUT2D eigenvalue weighted by atomic mass is 9.90. The minimum atomic E-state index is -0.319. The van der Waals surface area contributed by atoms with E-state index < -0.39 is 0 Å². The van der Waals surface area contributed by atoms with E-state index in [1.165, 1.54) is 0 Å². The van der Waals surface area contributed by atoms with Crippen molar-refractivity contribution in [2.75, 3.05) is 6.54 Å². The maximum atomic E-state index is 12.8. The summed E-state index contributed by atoms with van der Waals surface area (Å²) in [5.74, 6) is -0.209.